The molecule has 7 rings (SSSR count). The van der Waals surface area contributed by atoms with Gasteiger partial charge in [-0.2, -0.15) is 0 Å². The molecule has 1 aliphatic heterocycles. The van der Waals surface area contributed by atoms with Crippen molar-refractivity contribution in [1.82, 2.24) is 9.13 Å². The van der Waals surface area contributed by atoms with Gasteiger partial charge in [-0.1, -0.05) is 72.0 Å². The second-order valence-corrected chi connectivity index (χ2v) is 13.1. The molecular weight excluding hydrogens is 693 g/mol. The van der Waals surface area contributed by atoms with E-state index in [0.717, 1.165) is 28.1 Å². The van der Waals surface area contributed by atoms with Crippen molar-refractivity contribution in [3.8, 4) is 39.7 Å². The summed E-state index contributed by atoms with van der Waals surface area (Å²) in [6.45, 7) is 3.59. The van der Waals surface area contributed by atoms with Crippen LogP contribution in [0.2, 0.25) is 0 Å². The number of nitro groups is 1. The lowest BCUT2D eigenvalue weighted by Gasteiger charge is -2.26. The van der Waals surface area contributed by atoms with Crippen LogP contribution in [0.15, 0.2) is 130 Å². The van der Waals surface area contributed by atoms with E-state index in [1.165, 1.54) is 35.1 Å². The summed E-state index contributed by atoms with van der Waals surface area (Å²) in [5, 5.41) is 11.6. The highest BCUT2D eigenvalue weighted by atomic mass is 32.1. The lowest BCUT2D eigenvalue weighted by atomic mass is 9.94. The Hall–Kier alpha value is -6.53. The van der Waals surface area contributed by atoms with Crippen LogP contribution in [0.1, 0.15) is 31.0 Å². The summed E-state index contributed by atoms with van der Waals surface area (Å²) in [6, 6.07) is 32.3. The molecule has 11 nitrogen and oxygen atoms in total. The number of hydrogen-bond acceptors (Lipinski definition) is 9. The number of non-ortho nitro benzene ring substituents is 1. The maximum absolute atomic E-state index is 14.7. The van der Waals surface area contributed by atoms with Gasteiger partial charge in [-0.15, -0.1) is 0 Å². The van der Waals surface area contributed by atoms with Crippen molar-refractivity contribution in [2.45, 2.75) is 19.9 Å². The Morgan fingerprint density at radius 3 is 2.23 bits per heavy atom. The second-order valence-electron chi connectivity index (χ2n) is 12.1. The predicted molar refractivity (Wildman–Crippen MR) is 203 cm³/mol. The first-order chi connectivity index (χ1) is 25.7. The maximum Gasteiger partial charge on any atom is 0.338 e. The van der Waals surface area contributed by atoms with E-state index < -0.39 is 16.9 Å². The zero-order chi connectivity index (χ0) is 37.2. The van der Waals surface area contributed by atoms with Crippen LogP contribution >= 0.6 is 11.3 Å². The summed E-state index contributed by atoms with van der Waals surface area (Å²) in [4.78, 5) is 44.6. The van der Waals surface area contributed by atoms with Gasteiger partial charge in [0.25, 0.3) is 11.2 Å². The van der Waals surface area contributed by atoms with Crippen molar-refractivity contribution >= 4 is 29.1 Å². The number of benzene rings is 4. The summed E-state index contributed by atoms with van der Waals surface area (Å²) in [5.74, 6) is 0.396. The number of esters is 1. The Balaban J connectivity index is 1.52. The van der Waals surface area contributed by atoms with Crippen LogP contribution < -0.4 is 24.4 Å². The fourth-order valence-electron chi connectivity index (χ4n) is 6.62. The number of methoxy groups -OCH3 is 2. The first-order valence-electron chi connectivity index (χ1n) is 16.8. The van der Waals surface area contributed by atoms with Gasteiger partial charge in [0.1, 0.15) is 17.5 Å². The van der Waals surface area contributed by atoms with Gasteiger partial charge < -0.3 is 18.8 Å². The van der Waals surface area contributed by atoms with Crippen molar-refractivity contribution in [2.75, 3.05) is 20.8 Å². The molecule has 0 radical (unpaired) electrons. The number of nitrogens with zero attached hydrogens (tertiary/aromatic N) is 4. The lowest BCUT2D eigenvalue weighted by Crippen LogP contribution is -2.40. The van der Waals surface area contributed by atoms with Crippen molar-refractivity contribution in [1.29, 1.82) is 0 Å². The monoisotopic (exact) mass is 726 g/mol. The van der Waals surface area contributed by atoms with Gasteiger partial charge in [-0.25, -0.2) is 9.79 Å². The van der Waals surface area contributed by atoms with E-state index in [2.05, 4.69) is 0 Å². The Labute approximate surface area is 308 Å². The van der Waals surface area contributed by atoms with E-state index in [1.807, 2.05) is 77.4 Å². The molecule has 1 aliphatic rings. The molecule has 0 spiro atoms. The summed E-state index contributed by atoms with van der Waals surface area (Å²) in [5.41, 5.74) is 5.60. The van der Waals surface area contributed by atoms with Crippen molar-refractivity contribution in [2.24, 2.45) is 4.99 Å². The molecular formula is C41H34N4O7S. The van der Waals surface area contributed by atoms with Gasteiger partial charge in [0.05, 0.1) is 52.9 Å². The number of rotatable bonds is 10. The van der Waals surface area contributed by atoms with Crippen LogP contribution in [0.4, 0.5) is 5.69 Å². The third kappa shape index (κ3) is 6.44. The number of aromatic nitrogens is 2. The molecule has 12 heteroatoms. The van der Waals surface area contributed by atoms with Gasteiger partial charge in [0.15, 0.2) is 4.80 Å². The number of fused-ring (bicyclic) bond motifs is 1. The molecule has 53 heavy (non-hydrogen) atoms. The number of ether oxygens (including phenoxy) is 3. The molecule has 4 aromatic carbocycles. The molecule has 0 aliphatic carbocycles. The van der Waals surface area contributed by atoms with Crippen LogP contribution in [0, 0.1) is 10.1 Å². The minimum Gasteiger partial charge on any atom is -0.497 e. The second kappa shape index (κ2) is 14.6. The highest BCUT2D eigenvalue weighted by Gasteiger charge is 2.35. The topological polar surface area (TPSA) is 127 Å². The molecule has 0 bridgehead atoms. The number of hydrogen-bond donors (Lipinski definition) is 0. The molecule has 6 aromatic rings. The number of allylic oxidation sites excluding steroid dienone is 1. The number of carbonyl (C=O) groups excluding carboxylic acids is 1. The van der Waals surface area contributed by atoms with Gasteiger partial charge in [-0.3, -0.25) is 19.5 Å². The molecule has 0 N–H and O–H groups in total. The van der Waals surface area contributed by atoms with E-state index in [0.29, 0.717) is 37.8 Å². The van der Waals surface area contributed by atoms with E-state index >= 15 is 0 Å². The molecule has 0 saturated heterocycles. The SMILES string of the molecule is CCOC(=O)C1=C(C)N=c2s/c(=C\c3cc(-c4ccccc4)n(-c4ccc([N+](=O)[O-])cc4)c3-c3ccccc3)c(=O)n2[C@H]1c1cc(OC)ccc1OC. The molecule has 2 aromatic heterocycles. The van der Waals surface area contributed by atoms with E-state index in [9.17, 15) is 19.7 Å². The molecule has 0 saturated carbocycles. The largest absolute Gasteiger partial charge is 0.497 e. The molecule has 0 unspecified atom stereocenters. The molecule has 1 atom stereocenters. The van der Waals surface area contributed by atoms with Gasteiger partial charge in [0.2, 0.25) is 0 Å². The zero-order valence-electron chi connectivity index (χ0n) is 29.3. The van der Waals surface area contributed by atoms with E-state index in [-0.39, 0.29) is 23.4 Å². The Kier molecular flexibility index (Phi) is 9.62. The molecule has 3 heterocycles. The summed E-state index contributed by atoms with van der Waals surface area (Å²) in [6.07, 6.45) is 1.84. The molecule has 0 fully saturated rings. The smallest absolute Gasteiger partial charge is 0.338 e. The first-order valence-corrected chi connectivity index (χ1v) is 17.6. The van der Waals surface area contributed by atoms with Gasteiger partial charge in [-0.05, 0) is 67.4 Å². The standard InChI is InChI=1S/C41H34N4O7S/c1-5-52-40(47)36-25(2)42-41-44(38(36)32-24-31(50-3)20-21-34(32)51-4)39(46)35(53-41)23-28-22-33(26-12-8-6-9-13-26)43(37(28)27-14-10-7-11-15-27)29-16-18-30(19-17-29)45(48)49/h6-24,38H,5H2,1-4H3/b35-23-/t38-/m0/s1. The number of carbonyl (C=O) groups is 1. The van der Waals surface area contributed by atoms with Gasteiger partial charge >= 0.3 is 5.97 Å². The Morgan fingerprint density at radius 2 is 1.60 bits per heavy atom. The molecule has 0 amide bonds. The Bertz CT molecular complexity index is 2570. The van der Waals surface area contributed by atoms with Crippen LogP contribution in [0.5, 0.6) is 11.5 Å². The average molecular weight is 727 g/mol. The van der Waals surface area contributed by atoms with Crippen LogP contribution in [0.3, 0.4) is 0 Å². The van der Waals surface area contributed by atoms with Crippen molar-refractivity contribution in [3.63, 3.8) is 0 Å². The molecule has 266 valence electrons. The van der Waals surface area contributed by atoms with Crippen LogP contribution in [-0.4, -0.2) is 40.9 Å². The van der Waals surface area contributed by atoms with E-state index in [4.69, 9.17) is 19.2 Å². The zero-order valence-corrected chi connectivity index (χ0v) is 30.1. The van der Waals surface area contributed by atoms with Crippen LogP contribution in [-0.2, 0) is 9.53 Å². The average Bonchev–Trinajstić information content (AvgIpc) is 3.71. The number of nitro benzene ring substituents is 1. The maximum atomic E-state index is 14.7. The highest BCUT2D eigenvalue weighted by molar-refractivity contribution is 7.07. The fraction of sp³-hybridized carbons (Fsp3) is 0.146. The van der Waals surface area contributed by atoms with Crippen molar-refractivity contribution in [3.05, 3.63) is 161 Å². The van der Waals surface area contributed by atoms with Crippen LogP contribution in [0.25, 0.3) is 34.3 Å². The van der Waals surface area contributed by atoms with Crippen molar-refractivity contribution < 1.29 is 23.9 Å². The summed E-state index contributed by atoms with van der Waals surface area (Å²) >= 11 is 1.21. The quantitative estimate of drug-likeness (QED) is 0.0859. The summed E-state index contributed by atoms with van der Waals surface area (Å²) in [7, 11) is 3.07. The lowest BCUT2D eigenvalue weighted by molar-refractivity contribution is -0.384. The number of thiazole rings is 1. The highest BCUT2D eigenvalue weighted by Crippen LogP contribution is 2.39. The van der Waals surface area contributed by atoms with E-state index in [1.54, 1.807) is 51.3 Å². The third-order valence-corrected chi connectivity index (χ3v) is 9.98. The first kappa shape index (κ1) is 34.9. The third-order valence-electron chi connectivity index (χ3n) is 9.00. The minimum absolute atomic E-state index is 0.0236. The van der Waals surface area contributed by atoms with Gasteiger partial charge in [0, 0.05) is 28.9 Å². The Morgan fingerprint density at radius 1 is 0.925 bits per heavy atom. The normalized spacial score (nSPS) is 14.0. The fourth-order valence-corrected chi connectivity index (χ4v) is 7.66. The minimum atomic E-state index is -0.921. The summed E-state index contributed by atoms with van der Waals surface area (Å²) < 4.78 is 20.7. The predicted octanol–water partition coefficient (Wildman–Crippen LogP) is 6.85.